The minimum absolute atomic E-state index is 0.134. The Hall–Kier alpha value is -3.65. The van der Waals surface area contributed by atoms with E-state index in [1.165, 1.54) is 11.3 Å². The van der Waals surface area contributed by atoms with E-state index in [-0.39, 0.29) is 11.8 Å². The number of hydrazine groups is 1. The maximum Gasteiger partial charge on any atom is 0.333 e. The first-order chi connectivity index (χ1) is 18.5. The van der Waals surface area contributed by atoms with E-state index in [0.29, 0.717) is 72.5 Å². The summed E-state index contributed by atoms with van der Waals surface area (Å²) in [6.45, 7) is 5.33. The lowest BCUT2D eigenvalue weighted by atomic mass is 10.1. The summed E-state index contributed by atoms with van der Waals surface area (Å²) >= 11 is 1.36. The van der Waals surface area contributed by atoms with Gasteiger partial charge in [-0.2, -0.15) is 10.2 Å². The Bertz CT molecular complexity index is 1340. The number of carbonyl (C=O) groups is 3. The van der Waals surface area contributed by atoms with Crippen molar-refractivity contribution in [1.82, 2.24) is 20.2 Å². The number of amides is 4. The van der Waals surface area contributed by atoms with Crippen molar-refractivity contribution < 1.29 is 19.1 Å². The van der Waals surface area contributed by atoms with Crippen LogP contribution in [0.25, 0.3) is 5.70 Å². The summed E-state index contributed by atoms with van der Waals surface area (Å²) in [5.74, 6) is -0.205. The van der Waals surface area contributed by atoms with Crippen LogP contribution in [-0.4, -0.2) is 92.2 Å². The number of thiophene rings is 1. The number of likely N-dealkylation sites (N-methyl/N-ethyl adjacent to an activating group) is 1. The van der Waals surface area contributed by atoms with Gasteiger partial charge in [0, 0.05) is 39.3 Å². The lowest BCUT2D eigenvalue weighted by Gasteiger charge is -2.32. The third-order valence-electron chi connectivity index (χ3n) is 7.04. The largest absolute Gasteiger partial charge is 0.379 e. The van der Waals surface area contributed by atoms with Crippen molar-refractivity contribution in [2.75, 3.05) is 70.2 Å². The van der Waals surface area contributed by atoms with E-state index >= 15 is 0 Å². The van der Waals surface area contributed by atoms with Gasteiger partial charge in [-0.05, 0) is 30.8 Å². The molecule has 0 bridgehead atoms. The fraction of sp³-hybridized carbons (Fsp3) is 0.400. The summed E-state index contributed by atoms with van der Waals surface area (Å²) in [7, 11) is 2.04. The van der Waals surface area contributed by atoms with E-state index in [1.807, 2.05) is 25.2 Å². The van der Waals surface area contributed by atoms with Gasteiger partial charge >= 0.3 is 12.1 Å². The van der Waals surface area contributed by atoms with Crippen LogP contribution in [0.3, 0.4) is 0 Å². The molecular formula is C25H28N8O4S. The van der Waals surface area contributed by atoms with Crippen LogP contribution in [-0.2, 0) is 4.74 Å². The number of nitrogens with one attached hydrogen (secondary N) is 3. The normalized spacial score (nSPS) is 21.4. The smallest absolute Gasteiger partial charge is 0.333 e. The molecule has 12 nitrogen and oxygen atoms in total. The molecule has 1 aliphatic carbocycles. The fourth-order valence-electron chi connectivity index (χ4n) is 4.97. The molecule has 1 atom stereocenters. The third-order valence-corrected chi connectivity index (χ3v) is 8.05. The van der Waals surface area contributed by atoms with Crippen molar-refractivity contribution in [3.8, 4) is 0 Å². The molecule has 0 spiro atoms. The Balaban J connectivity index is 1.19. The SMILES string of the molecule is CN1CCN(C(=O)Nc2ccc(C3=C4C(=O)c5c(NC(=O)NN6CCOCC6)cccc5C4N=N3)s2)CC1. The average molecular weight is 537 g/mol. The van der Waals surface area contributed by atoms with Gasteiger partial charge in [-0.3, -0.25) is 15.5 Å². The van der Waals surface area contributed by atoms with Crippen LogP contribution >= 0.6 is 11.3 Å². The standard InChI is InChI=1S/C25H28N8O4S/c1-31-7-9-32(10-8-31)25(36)27-18-6-5-17(38-18)22-20-21(28-29-22)15-3-2-4-16(19(15)23(20)34)26-24(35)30-33-11-13-37-14-12-33/h2-6,21H,7-14H2,1H3,(H,27,36)(H2,26,30,35). The molecule has 1 aromatic heterocycles. The molecule has 1 unspecified atom stereocenters. The molecule has 2 saturated heterocycles. The van der Waals surface area contributed by atoms with Crippen LogP contribution in [0, 0.1) is 0 Å². The van der Waals surface area contributed by atoms with Crippen molar-refractivity contribution in [1.29, 1.82) is 0 Å². The zero-order valence-corrected chi connectivity index (χ0v) is 21.7. The number of piperazine rings is 1. The molecule has 2 fully saturated rings. The lowest BCUT2D eigenvalue weighted by Crippen LogP contribution is -2.49. The number of carbonyl (C=O) groups excluding carboxylic acids is 3. The highest BCUT2D eigenvalue weighted by Crippen LogP contribution is 2.50. The summed E-state index contributed by atoms with van der Waals surface area (Å²) in [5, 5.41) is 17.0. The van der Waals surface area contributed by atoms with Gasteiger partial charge in [-0.15, -0.1) is 11.3 Å². The molecule has 0 radical (unpaired) electrons. The number of urea groups is 2. The van der Waals surface area contributed by atoms with Gasteiger partial charge in [0.2, 0.25) is 0 Å². The Kier molecular flexibility index (Phi) is 6.66. The monoisotopic (exact) mass is 536 g/mol. The quantitative estimate of drug-likeness (QED) is 0.551. The maximum atomic E-state index is 13.6. The lowest BCUT2D eigenvalue weighted by molar-refractivity contribution is 0.0207. The summed E-state index contributed by atoms with van der Waals surface area (Å²) in [4.78, 5) is 43.7. The first kappa shape index (κ1) is 24.7. The maximum absolute atomic E-state index is 13.6. The molecule has 38 heavy (non-hydrogen) atoms. The fourth-order valence-corrected chi connectivity index (χ4v) is 5.87. The zero-order valence-electron chi connectivity index (χ0n) is 20.9. The minimum Gasteiger partial charge on any atom is -0.379 e. The first-order valence-corrected chi connectivity index (χ1v) is 13.4. The van der Waals surface area contributed by atoms with Crippen molar-refractivity contribution in [2.45, 2.75) is 6.04 Å². The second-order valence-electron chi connectivity index (χ2n) is 9.53. The number of morpholine rings is 1. The molecule has 0 saturated carbocycles. The van der Waals surface area contributed by atoms with Crippen LogP contribution in [0.5, 0.6) is 0 Å². The molecule has 2 aromatic rings. The Morgan fingerprint density at radius 1 is 1.03 bits per heavy atom. The van der Waals surface area contributed by atoms with E-state index < -0.39 is 12.1 Å². The van der Waals surface area contributed by atoms with E-state index in [9.17, 15) is 14.4 Å². The number of Topliss-reactive ketones (excluding diaryl/α,β-unsaturated/α-hetero) is 1. The Morgan fingerprint density at radius 3 is 2.61 bits per heavy atom. The summed E-state index contributed by atoms with van der Waals surface area (Å²) in [6, 6.07) is 7.95. The van der Waals surface area contributed by atoms with Gasteiger partial charge in [-0.25, -0.2) is 14.6 Å². The molecule has 198 valence electrons. The number of ketones is 1. The van der Waals surface area contributed by atoms with E-state index in [1.54, 1.807) is 22.0 Å². The topological polar surface area (TPSA) is 131 Å². The molecule has 13 heteroatoms. The second-order valence-corrected chi connectivity index (χ2v) is 10.6. The van der Waals surface area contributed by atoms with E-state index in [4.69, 9.17) is 4.74 Å². The van der Waals surface area contributed by atoms with Crippen LogP contribution in [0.2, 0.25) is 0 Å². The number of hydrogen-bond donors (Lipinski definition) is 3. The van der Waals surface area contributed by atoms with Crippen LogP contribution in [0.4, 0.5) is 20.3 Å². The Morgan fingerprint density at radius 2 is 1.82 bits per heavy atom. The van der Waals surface area contributed by atoms with Crippen LogP contribution in [0.1, 0.15) is 26.8 Å². The summed E-state index contributed by atoms with van der Waals surface area (Å²) in [5.41, 5.74) is 5.37. The molecule has 4 heterocycles. The first-order valence-electron chi connectivity index (χ1n) is 12.6. The second kappa shape index (κ2) is 10.3. The predicted octanol–water partition coefficient (Wildman–Crippen LogP) is 3.01. The Labute approximate surface area is 223 Å². The number of azo groups is 1. The molecule has 1 aromatic carbocycles. The number of fused-ring (bicyclic) bond motifs is 3. The van der Waals surface area contributed by atoms with Gasteiger partial charge in [0.25, 0.3) is 0 Å². The molecule has 6 rings (SSSR count). The van der Waals surface area contributed by atoms with E-state index in [2.05, 4.69) is 31.2 Å². The highest BCUT2D eigenvalue weighted by Gasteiger charge is 2.42. The number of benzene rings is 1. The highest BCUT2D eigenvalue weighted by molar-refractivity contribution is 7.17. The average Bonchev–Trinajstić information content (AvgIpc) is 3.62. The predicted molar refractivity (Wildman–Crippen MR) is 142 cm³/mol. The summed E-state index contributed by atoms with van der Waals surface area (Å²) in [6.07, 6.45) is 0. The van der Waals surface area contributed by atoms with Crippen LogP contribution < -0.4 is 16.1 Å². The van der Waals surface area contributed by atoms with Crippen molar-refractivity contribution >= 4 is 45.6 Å². The number of anilines is 2. The van der Waals surface area contributed by atoms with Crippen molar-refractivity contribution in [3.05, 3.63) is 51.9 Å². The van der Waals surface area contributed by atoms with Gasteiger partial charge in [-0.1, -0.05) is 12.1 Å². The van der Waals surface area contributed by atoms with Crippen molar-refractivity contribution in [2.24, 2.45) is 10.2 Å². The molecule has 3 N–H and O–H groups in total. The molecule has 3 aliphatic heterocycles. The number of nitrogens with zero attached hydrogens (tertiary/aromatic N) is 5. The highest BCUT2D eigenvalue weighted by atomic mass is 32.1. The van der Waals surface area contributed by atoms with Gasteiger partial charge < -0.3 is 19.9 Å². The van der Waals surface area contributed by atoms with Gasteiger partial charge in [0.1, 0.15) is 11.7 Å². The van der Waals surface area contributed by atoms with E-state index in [0.717, 1.165) is 18.0 Å². The summed E-state index contributed by atoms with van der Waals surface area (Å²) < 4.78 is 5.31. The van der Waals surface area contributed by atoms with Gasteiger partial charge in [0.05, 0.1) is 39.9 Å². The molecule has 4 amide bonds. The zero-order chi connectivity index (χ0) is 26.2. The molecular weight excluding hydrogens is 508 g/mol. The molecule has 4 aliphatic rings. The van der Waals surface area contributed by atoms with Crippen LogP contribution in [0.15, 0.2) is 46.1 Å². The van der Waals surface area contributed by atoms with Crippen molar-refractivity contribution in [3.63, 3.8) is 0 Å². The number of hydrogen-bond acceptors (Lipinski definition) is 9. The number of ether oxygens (including phenoxy) is 1. The third kappa shape index (κ3) is 4.69. The number of rotatable bonds is 4. The van der Waals surface area contributed by atoms with Gasteiger partial charge in [0.15, 0.2) is 5.78 Å². The minimum atomic E-state index is -0.512.